The molecule has 0 bridgehead atoms. The van der Waals surface area contributed by atoms with E-state index in [1.807, 2.05) is 7.05 Å². The quantitative estimate of drug-likeness (QED) is 0.739. The van der Waals surface area contributed by atoms with Crippen LogP contribution in [0.1, 0.15) is 36.8 Å². The van der Waals surface area contributed by atoms with Crippen LogP contribution >= 0.6 is 11.8 Å². The molecule has 1 saturated heterocycles. The van der Waals surface area contributed by atoms with E-state index < -0.39 is 11.7 Å². The maximum atomic E-state index is 12.5. The summed E-state index contributed by atoms with van der Waals surface area (Å²) in [6.45, 7) is 0.975. The van der Waals surface area contributed by atoms with Gasteiger partial charge in [0.2, 0.25) is 5.12 Å². The second kappa shape index (κ2) is 8.20. The van der Waals surface area contributed by atoms with Gasteiger partial charge in [0.25, 0.3) is 0 Å². The van der Waals surface area contributed by atoms with Crippen LogP contribution in [0.25, 0.3) is 0 Å². The van der Waals surface area contributed by atoms with Gasteiger partial charge in [0.1, 0.15) is 0 Å². The number of benzene rings is 1. The standard InChI is InChI=1S/C17H22F3NOS/c1-21-11-3-2-6-15(21)16(22)23-12-4-5-13-7-9-14(10-8-13)17(18,19)20/h7-10,15H,2-6,11-12H2,1H3. The van der Waals surface area contributed by atoms with E-state index in [9.17, 15) is 18.0 Å². The minimum absolute atomic E-state index is 0.0276. The van der Waals surface area contributed by atoms with Gasteiger partial charge in [-0.15, -0.1) is 0 Å². The molecule has 6 heteroatoms. The van der Waals surface area contributed by atoms with Crippen LogP contribution < -0.4 is 0 Å². The number of piperidine rings is 1. The predicted molar refractivity (Wildman–Crippen MR) is 87.5 cm³/mol. The van der Waals surface area contributed by atoms with Crippen LogP contribution in [0.15, 0.2) is 24.3 Å². The molecule has 2 rings (SSSR count). The van der Waals surface area contributed by atoms with Crippen molar-refractivity contribution in [3.05, 3.63) is 35.4 Å². The summed E-state index contributed by atoms with van der Waals surface area (Å²) in [5, 5.41) is 0.222. The third-order valence-electron chi connectivity index (χ3n) is 4.18. The van der Waals surface area contributed by atoms with Crippen LogP contribution in [0.2, 0.25) is 0 Å². The highest BCUT2D eigenvalue weighted by Crippen LogP contribution is 2.29. The zero-order chi connectivity index (χ0) is 16.9. The molecule has 1 aliphatic rings. The van der Waals surface area contributed by atoms with Crippen LogP contribution in [-0.2, 0) is 17.4 Å². The SMILES string of the molecule is CN1CCCCC1C(=O)SCCCc1ccc(C(F)(F)F)cc1. The number of alkyl halides is 3. The van der Waals surface area contributed by atoms with Crippen molar-refractivity contribution in [2.75, 3.05) is 19.3 Å². The normalized spacial score (nSPS) is 19.7. The molecule has 1 atom stereocenters. The Morgan fingerprint density at radius 3 is 2.57 bits per heavy atom. The van der Waals surface area contributed by atoms with Crippen molar-refractivity contribution in [3.63, 3.8) is 0 Å². The summed E-state index contributed by atoms with van der Waals surface area (Å²) in [5.41, 5.74) is 0.256. The number of rotatable bonds is 5. The number of nitrogens with zero attached hydrogens (tertiary/aromatic N) is 1. The Balaban J connectivity index is 1.72. The second-order valence-corrected chi connectivity index (χ2v) is 7.06. The zero-order valence-corrected chi connectivity index (χ0v) is 14.1. The van der Waals surface area contributed by atoms with E-state index in [1.165, 1.54) is 23.9 Å². The lowest BCUT2D eigenvalue weighted by atomic mass is 10.0. The highest BCUT2D eigenvalue weighted by molar-refractivity contribution is 8.13. The van der Waals surface area contributed by atoms with Gasteiger partial charge in [-0.1, -0.05) is 30.3 Å². The molecule has 2 nitrogen and oxygen atoms in total. The molecule has 0 saturated carbocycles. The summed E-state index contributed by atoms with van der Waals surface area (Å²) in [6.07, 6.45) is 0.386. The first kappa shape index (κ1) is 18.3. The van der Waals surface area contributed by atoms with Crippen molar-refractivity contribution >= 4 is 16.9 Å². The average molecular weight is 345 g/mol. The lowest BCUT2D eigenvalue weighted by Crippen LogP contribution is -2.40. The molecule has 1 aromatic rings. The van der Waals surface area contributed by atoms with Crippen LogP contribution in [0.3, 0.4) is 0 Å². The first-order valence-corrected chi connectivity index (χ1v) is 8.89. The molecule has 1 heterocycles. The number of hydrogen-bond donors (Lipinski definition) is 0. The van der Waals surface area contributed by atoms with E-state index >= 15 is 0 Å². The van der Waals surface area contributed by atoms with Crippen LogP contribution in [-0.4, -0.2) is 35.4 Å². The Morgan fingerprint density at radius 1 is 1.26 bits per heavy atom. The Hall–Kier alpha value is -1.01. The minimum Gasteiger partial charge on any atom is -0.296 e. The molecule has 0 amide bonds. The summed E-state index contributed by atoms with van der Waals surface area (Å²) < 4.78 is 37.4. The number of likely N-dealkylation sites (N-methyl/N-ethyl adjacent to an activating group) is 1. The monoisotopic (exact) mass is 345 g/mol. The maximum absolute atomic E-state index is 12.5. The molecule has 1 fully saturated rings. The molecule has 1 aliphatic heterocycles. The number of hydrogen-bond acceptors (Lipinski definition) is 3. The molecular formula is C17H22F3NOS. The molecule has 0 N–H and O–H groups in total. The van der Waals surface area contributed by atoms with E-state index in [4.69, 9.17) is 0 Å². The van der Waals surface area contributed by atoms with Gasteiger partial charge in [0, 0.05) is 5.75 Å². The number of carbonyl (C=O) groups is 1. The van der Waals surface area contributed by atoms with Gasteiger partial charge in [-0.25, -0.2) is 0 Å². The van der Waals surface area contributed by atoms with E-state index in [1.54, 1.807) is 0 Å². The minimum atomic E-state index is -4.28. The summed E-state index contributed by atoms with van der Waals surface area (Å²) in [7, 11) is 1.99. The molecule has 0 aromatic heterocycles. The summed E-state index contributed by atoms with van der Waals surface area (Å²) in [4.78, 5) is 14.3. The van der Waals surface area contributed by atoms with Gasteiger partial charge in [-0.2, -0.15) is 13.2 Å². The fraction of sp³-hybridized carbons (Fsp3) is 0.588. The van der Waals surface area contributed by atoms with E-state index in [2.05, 4.69) is 4.90 Å². The van der Waals surface area contributed by atoms with Crippen molar-refractivity contribution < 1.29 is 18.0 Å². The van der Waals surface area contributed by atoms with Crippen LogP contribution in [0.4, 0.5) is 13.2 Å². The number of halogens is 3. The highest BCUT2D eigenvalue weighted by Gasteiger charge is 2.30. The first-order chi connectivity index (χ1) is 10.9. The summed E-state index contributed by atoms with van der Waals surface area (Å²) >= 11 is 1.35. The van der Waals surface area contributed by atoms with Crippen molar-refractivity contribution in [2.45, 2.75) is 44.3 Å². The van der Waals surface area contributed by atoms with Gasteiger partial charge < -0.3 is 0 Å². The van der Waals surface area contributed by atoms with Crippen molar-refractivity contribution in [3.8, 4) is 0 Å². The van der Waals surface area contributed by atoms with Gasteiger partial charge in [0.15, 0.2) is 0 Å². The molecule has 23 heavy (non-hydrogen) atoms. The second-order valence-electron chi connectivity index (χ2n) is 5.96. The van der Waals surface area contributed by atoms with Crippen LogP contribution in [0, 0.1) is 0 Å². The Labute approximate surface area is 139 Å². The van der Waals surface area contributed by atoms with E-state index in [0.29, 0.717) is 12.2 Å². The summed E-state index contributed by atoms with van der Waals surface area (Å²) in [5.74, 6) is 0.712. The largest absolute Gasteiger partial charge is 0.416 e. The van der Waals surface area contributed by atoms with Gasteiger partial charge >= 0.3 is 6.18 Å². The molecule has 0 aliphatic carbocycles. The fourth-order valence-corrected chi connectivity index (χ4v) is 3.76. The van der Waals surface area contributed by atoms with Gasteiger partial charge in [0.05, 0.1) is 11.6 Å². The van der Waals surface area contributed by atoms with E-state index in [-0.39, 0.29) is 11.2 Å². The third-order valence-corrected chi connectivity index (χ3v) is 5.23. The lowest BCUT2D eigenvalue weighted by molar-refractivity contribution is -0.137. The number of likely N-dealkylation sites (tertiary alicyclic amines) is 1. The number of aryl methyl sites for hydroxylation is 1. The highest BCUT2D eigenvalue weighted by atomic mass is 32.2. The topological polar surface area (TPSA) is 20.3 Å². The number of carbonyl (C=O) groups excluding carboxylic acids is 1. The lowest BCUT2D eigenvalue weighted by Gasteiger charge is -2.30. The Morgan fingerprint density at radius 2 is 1.96 bits per heavy atom. The summed E-state index contributed by atoms with van der Waals surface area (Å²) in [6, 6.07) is 5.30. The number of thioether (sulfide) groups is 1. The van der Waals surface area contributed by atoms with Crippen molar-refractivity contribution in [1.29, 1.82) is 0 Å². The average Bonchev–Trinajstić information content (AvgIpc) is 2.51. The molecule has 128 valence electrons. The molecule has 0 radical (unpaired) electrons. The zero-order valence-electron chi connectivity index (χ0n) is 13.2. The van der Waals surface area contributed by atoms with Crippen molar-refractivity contribution in [1.82, 2.24) is 4.90 Å². The molecule has 1 aromatic carbocycles. The maximum Gasteiger partial charge on any atom is 0.416 e. The predicted octanol–water partition coefficient (Wildman–Crippen LogP) is 4.38. The molecule has 0 spiro atoms. The third kappa shape index (κ3) is 5.53. The van der Waals surface area contributed by atoms with Crippen LogP contribution in [0.5, 0.6) is 0 Å². The fourth-order valence-electron chi connectivity index (χ4n) is 2.78. The Bertz CT molecular complexity index is 516. The van der Waals surface area contributed by atoms with Gasteiger partial charge in [-0.05, 0) is 57.0 Å². The Kier molecular flexibility index (Phi) is 6.53. The molecular weight excluding hydrogens is 323 g/mol. The van der Waals surface area contributed by atoms with E-state index in [0.717, 1.165) is 49.9 Å². The van der Waals surface area contributed by atoms with Gasteiger partial charge in [-0.3, -0.25) is 9.69 Å². The molecule has 1 unspecified atom stereocenters. The van der Waals surface area contributed by atoms with Crippen molar-refractivity contribution in [2.24, 2.45) is 0 Å². The first-order valence-electron chi connectivity index (χ1n) is 7.91. The smallest absolute Gasteiger partial charge is 0.296 e.